The average Bonchev–Trinajstić information content (AvgIpc) is 3.05. The van der Waals surface area contributed by atoms with Gasteiger partial charge in [0, 0.05) is 11.6 Å². The highest BCUT2D eigenvalue weighted by molar-refractivity contribution is 8.02. The summed E-state index contributed by atoms with van der Waals surface area (Å²) in [6, 6.07) is 5.82. The van der Waals surface area contributed by atoms with Crippen LogP contribution in [0.3, 0.4) is 0 Å². The van der Waals surface area contributed by atoms with Gasteiger partial charge >= 0.3 is 0 Å². The van der Waals surface area contributed by atoms with E-state index in [-0.39, 0.29) is 0 Å². The largest absolute Gasteiger partial charge is 0.358 e. The third-order valence-electron chi connectivity index (χ3n) is 2.77. The van der Waals surface area contributed by atoms with Gasteiger partial charge in [0.05, 0.1) is 33.0 Å². The number of nitrogens with zero attached hydrogens (tertiary/aromatic N) is 2. The van der Waals surface area contributed by atoms with Crippen molar-refractivity contribution in [3.05, 3.63) is 40.1 Å². The number of nitrogens with one attached hydrogen (secondary N) is 2. The van der Waals surface area contributed by atoms with Crippen LogP contribution >= 0.6 is 34.9 Å². The minimum absolute atomic E-state index is 0.548. The minimum Gasteiger partial charge on any atom is -0.358 e. The van der Waals surface area contributed by atoms with E-state index in [1.54, 1.807) is 23.6 Å². The highest BCUT2D eigenvalue weighted by atomic mass is 35.5. The van der Waals surface area contributed by atoms with Gasteiger partial charge in [-0.3, -0.25) is 0 Å². The van der Waals surface area contributed by atoms with Crippen molar-refractivity contribution in [1.29, 1.82) is 5.26 Å². The molecule has 7 heteroatoms. The van der Waals surface area contributed by atoms with Crippen molar-refractivity contribution in [1.82, 2.24) is 9.97 Å². The number of aryl methyl sites for hydroxylation is 1. The Labute approximate surface area is 128 Å². The number of H-pyrrole nitrogens is 1. The lowest BCUT2D eigenvalue weighted by molar-refractivity contribution is 1.28. The van der Waals surface area contributed by atoms with Crippen molar-refractivity contribution in [3.8, 4) is 6.07 Å². The van der Waals surface area contributed by atoms with E-state index in [4.69, 9.17) is 16.9 Å². The van der Waals surface area contributed by atoms with Gasteiger partial charge in [0.2, 0.25) is 0 Å². The van der Waals surface area contributed by atoms with Crippen molar-refractivity contribution in [3.63, 3.8) is 0 Å². The molecule has 0 atom stereocenters. The molecule has 0 aliphatic heterocycles. The van der Waals surface area contributed by atoms with E-state index in [2.05, 4.69) is 20.8 Å². The molecule has 0 aliphatic rings. The lowest BCUT2D eigenvalue weighted by atomic mass is 10.1. The molecule has 0 fully saturated rings. The zero-order valence-corrected chi connectivity index (χ0v) is 12.8. The van der Waals surface area contributed by atoms with Gasteiger partial charge in [-0.05, 0) is 31.0 Å². The monoisotopic (exact) mass is 320 g/mol. The van der Waals surface area contributed by atoms with Gasteiger partial charge in [-0.2, -0.15) is 5.26 Å². The Morgan fingerprint density at radius 1 is 1.50 bits per heavy atom. The molecule has 0 spiro atoms. The molecule has 100 valence electrons. The van der Waals surface area contributed by atoms with Crippen molar-refractivity contribution in [2.75, 3.05) is 4.72 Å². The van der Waals surface area contributed by atoms with E-state index >= 15 is 0 Å². The van der Waals surface area contributed by atoms with Crippen molar-refractivity contribution >= 4 is 51.5 Å². The zero-order chi connectivity index (χ0) is 14.1. The number of thiazole rings is 1. The van der Waals surface area contributed by atoms with Crippen LogP contribution in [-0.2, 0) is 0 Å². The Bertz CT molecular complexity index is 815. The van der Waals surface area contributed by atoms with Gasteiger partial charge in [-0.25, -0.2) is 4.98 Å². The Kier molecular flexibility index (Phi) is 3.57. The van der Waals surface area contributed by atoms with Gasteiger partial charge in [-0.1, -0.05) is 11.6 Å². The average molecular weight is 321 g/mol. The molecule has 2 aromatic heterocycles. The molecule has 3 aromatic rings. The predicted octanol–water partition coefficient (Wildman–Crippen LogP) is 4.58. The molecule has 4 nitrogen and oxygen atoms in total. The van der Waals surface area contributed by atoms with Crippen LogP contribution in [0.5, 0.6) is 0 Å². The first kappa shape index (κ1) is 13.3. The maximum absolute atomic E-state index is 9.09. The molecule has 0 saturated heterocycles. The minimum atomic E-state index is 0.548. The predicted molar refractivity (Wildman–Crippen MR) is 84.4 cm³/mol. The van der Waals surface area contributed by atoms with E-state index < -0.39 is 0 Å². The fourth-order valence-corrected chi connectivity index (χ4v) is 3.78. The second-order valence-electron chi connectivity index (χ2n) is 4.06. The van der Waals surface area contributed by atoms with Crippen molar-refractivity contribution in [2.24, 2.45) is 0 Å². The number of fused-ring (bicyclic) bond motifs is 1. The first-order chi connectivity index (χ1) is 9.69. The van der Waals surface area contributed by atoms with Crippen LogP contribution in [0.1, 0.15) is 10.6 Å². The summed E-state index contributed by atoms with van der Waals surface area (Å²) >= 11 is 9.28. The summed E-state index contributed by atoms with van der Waals surface area (Å²) in [6.07, 6.45) is 3.50. The highest BCUT2D eigenvalue weighted by Gasteiger charge is 2.11. The maximum atomic E-state index is 9.09. The Balaban J connectivity index is 1.94. The zero-order valence-electron chi connectivity index (χ0n) is 10.4. The van der Waals surface area contributed by atoms with Gasteiger partial charge in [0.1, 0.15) is 10.3 Å². The normalized spacial score (nSPS) is 10.7. The molecule has 2 heterocycles. The topological polar surface area (TPSA) is 64.5 Å². The van der Waals surface area contributed by atoms with Crippen molar-refractivity contribution < 1.29 is 0 Å². The van der Waals surface area contributed by atoms with E-state index in [1.807, 2.05) is 19.2 Å². The standard InChI is InChI=1S/C13H9ClN4S2/c1-7-16-6-11(19-7)20-18-10-3-2-9(14)12-8(4-15)5-17-13(10)12/h2-3,5-6,17-18H,1H3. The number of hydrogen-bond donors (Lipinski definition) is 2. The number of aromatic nitrogens is 2. The molecule has 1 aromatic carbocycles. The maximum Gasteiger partial charge on any atom is 0.101 e. The molecule has 0 unspecified atom stereocenters. The second kappa shape index (κ2) is 5.37. The number of aromatic amines is 1. The number of rotatable bonds is 3. The van der Waals surface area contributed by atoms with Gasteiger partial charge in [-0.15, -0.1) is 11.3 Å². The van der Waals surface area contributed by atoms with Crippen LogP contribution in [0, 0.1) is 18.3 Å². The third-order valence-corrected chi connectivity index (χ3v) is 4.92. The SMILES string of the molecule is Cc1ncc(SNc2ccc(Cl)c3c(C#N)c[nH]c23)s1. The summed E-state index contributed by atoms with van der Waals surface area (Å²) in [6.45, 7) is 1.97. The number of nitriles is 1. The van der Waals surface area contributed by atoms with Crippen LogP contribution in [0.4, 0.5) is 5.69 Å². The van der Waals surface area contributed by atoms with Crippen LogP contribution < -0.4 is 4.72 Å². The Morgan fingerprint density at radius 2 is 2.35 bits per heavy atom. The molecular weight excluding hydrogens is 312 g/mol. The quantitative estimate of drug-likeness (QED) is 0.693. The van der Waals surface area contributed by atoms with Gasteiger partial charge in [0.25, 0.3) is 0 Å². The molecule has 0 aliphatic carbocycles. The van der Waals surface area contributed by atoms with E-state index in [0.29, 0.717) is 10.6 Å². The lowest BCUT2D eigenvalue weighted by Crippen LogP contribution is -1.87. The molecule has 0 amide bonds. The lowest BCUT2D eigenvalue weighted by Gasteiger charge is -2.06. The first-order valence-corrected chi connectivity index (χ1v) is 7.75. The van der Waals surface area contributed by atoms with Gasteiger partial charge in [0.15, 0.2) is 0 Å². The molecule has 0 saturated carbocycles. The number of anilines is 1. The Morgan fingerprint density at radius 3 is 3.05 bits per heavy atom. The highest BCUT2D eigenvalue weighted by Crippen LogP contribution is 2.34. The molecule has 20 heavy (non-hydrogen) atoms. The summed E-state index contributed by atoms with van der Waals surface area (Å²) in [4.78, 5) is 7.30. The van der Waals surface area contributed by atoms with Crippen LogP contribution in [-0.4, -0.2) is 9.97 Å². The molecular formula is C13H9ClN4S2. The fraction of sp³-hybridized carbons (Fsp3) is 0.0769. The number of hydrogen-bond acceptors (Lipinski definition) is 5. The fourth-order valence-electron chi connectivity index (χ4n) is 1.87. The van der Waals surface area contributed by atoms with E-state index in [9.17, 15) is 0 Å². The van der Waals surface area contributed by atoms with Crippen LogP contribution in [0.15, 0.2) is 28.7 Å². The Hall–Kier alpha value is -1.68. The van der Waals surface area contributed by atoms with E-state index in [0.717, 1.165) is 25.8 Å². The molecule has 3 rings (SSSR count). The number of halogens is 1. The van der Waals surface area contributed by atoms with Crippen molar-refractivity contribution in [2.45, 2.75) is 11.1 Å². The first-order valence-electron chi connectivity index (χ1n) is 5.74. The van der Waals surface area contributed by atoms with Crippen LogP contribution in [0.2, 0.25) is 5.02 Å². The van der Waals surface area contributed by atoms with Gasteiger partial charge < -0.3 is 9.71 Å². The smallest absolute Gasteiger partial charge is 0.101 e. The second-order valence-corrected chi connectivity index (χ2v) is 6.81. The molecule has 2 N–H and O–H groups in total. The summed E-state index contributed by atoms with van der Waals surface area (Å²) in [5, 5.41) is 11.4. The van der Waals surface area contributed by atoms with Crippen LogP contribution in [0.25, 0.3) is 10.9 Å². The summed E-state index contributed by atoms with van der Waals surface area (Å²) in [5.74, 6) is 0. The van der Waals surface area contributed by atoms with E-state index in [1.165, 1.54) is 11.9 Å². The number of benzene rings is 1. The molecule has 0 bridgehead atoms. The summed E-state index contributed by atoms with van der Waals surface area (Å²) < 4.78 is 4.35. The third kappa shape index (κ3) is 2.36. The summed E-state index contributed by atoms with van der Waals surface area (Å²) in [7, 11) is 0. The summed E-state index contributed by atoms with van der Waals surface area (Å²) in [5.41, 5.74) is 2.28. The molecule has 0 radical (unpaired) electrons.